The number of aliphatic hydroxyl groups excluding tert-OH is 1. The monoisotopic (exact) mass is 531 g/mol. The molecule has 9 nitrogen and oxygen atoms in total. The first-order valence-electron chi connectivity index (χ1n) is 11.5. The maximum atomic E-state index is 13.2. The highest BCUT2D eigenvalue weighted by Gasteiger charge is 2.44. The molecule has 0 saturated heterocycles. The fraction of sp³-hybridized carbons (Fsp3) is 0.346. The molecule has 1 unspecified atom stereocenters. The Balaban J connectivity index is 1.79. The number of halogens is 1. The molecule has 2 N–H and O–H groups in total. The molecule has 1 atom stereocenters. The fourth-order valence-electron chi connectivity index (χ4n) is 3.55. The van der Waals surface area contributed by atoms with Gasteiger partial charge in [-0.15, -0.1) is 0 Å². The summed E-state index contributed by atoms with van der Waals surface area (Å²) in [5.74, 6) is -1.76. The van der Waals surface area contributed by atoms with Crippen molar-refractivity contribution in [1.82, 2.24) is 15.1 Å². The molecule has 3 aromatic rings. The number of amides is 1. The number of carbonyl (C=O) groups excluding carboxylic acids is 2. The van der Waals surface area contributed by atoms with Gasteiger partial charge in [-0.05, 0) is 75.7 Å². The van der Waals surface area contributed by atoms with Crippen LogP contribution >= 0.6 is 0 Å². The van der Waals surface area contributed by atoms with Crippen molar-refractivity contribution in [3.05, 3.63) is 71.7 Å². The molecular weight excluding hydrogens is 501 g/mol. The van der Waals surface area contributed by atoms with E-state index in [1.165, 1.54) is 54.9 Å². The molecule has 0 bridgehead atoms. The number of benzene rings is 2. The highest BCUT2D eigenvalue weighted by Crippen LogP contribution is 2.28. The van der Waals surface area contributed by atoms with Gasteiger partial charge in [0.2, 0.25) is 0 Å². The van der Waals surface area contributed by atoms with Gasteiger partial charge in [-0.25, -0.2) is 12.8 Å². The third-order valence-electron chi connectivity index (χ3n) is 5.84. The van der Waals surface area contributed by atoms with Crippen LogP contribution in [0.5, 0.6) is 0 Å². The Morgan fingerprint density at radius 3 is 2.24 bits per heavy atom. The van der Waals surface area contributed by atoms with Crippen molar-refractivity contribution in [2.24, 2.45) is 7.05 Å². The van der Waals surface area contributed by atoms with Crippen LogP contribution in [-0.2, 0) is 26.4 Å². The molecule has 0 spiro atoms. The molecule has 0 aliphatic heterocycles. The van der Waals surface area contributed by atoms with Crippen LogP contribution in [0.25, 0.3) is 11.3 Å². The van der Waals surface area contributed by atoms with Crippen LogP contribution in [0.1, 0.15) is 49.8 Å². The van der Waals surface area contributed by atoms with E-state index in [0.717, 1.165) is 0 Å². The van der Waals surface area contributed by atoms with Gasteiger partial charge in [0.1, 0.15) is 11.5 Å². The van der Waals surface area contributed by atoms with Crippen molar-refractivity contribution in [2.45, 2.75) is 49.5 Å². The second-order valence-electron chi connectivity index (χ2n) is 9.29. The predicted molar refractivity (Wildman–Crippen MR) is 135 cm³/mol. The Hall–Kier alpha value is -3.57. The number of hydrogen-bond acceptors (Lipinski definition) is 7. The summed E-state index contributed by atoms with van der Waals surface area (Å²) in [6.45, 7) is 5.38. The van der Waals surface area contributed by atoms with Gasteiger partial charge in [0.25, 0.3) is 5.91 Å². The Bertz CT molecular complexity index is 1380. The molecule has 11 heteroatoms. The van der Waals surface area contributed by atoms with E-state index in [9.17, 15) is 27.5 Å². The quantitative estimate of drug-likeness (QED) is 0.406. The summed E-state index contributed by atoms with van der Waals surface area (Å²) in [6.07, 6.45) is -0.468. The summed E-state index contributed by atoms with van der Waals surface area (Å²) in [4.78, 5) is 25.2. The number of hydrogen-bond donors (Lipinski definition) is 2. The fourth-order valence-corrected chi connectivity index (χ4v) is 4.90. The predicted octanol–water partition coefficient (Wildman–Crippen LogP) is 3.19. The smallest absolute Gasteiger partial charge is 0.327 e. The van der Waals surface area contributed by atoms with Crippen LogP contribution < -0.4 is 5.32 Å². The zero-order valence-corrected chi connectivity index (χ0v) is 22.0. The van der Waals surface area contributed by atoms with E-state index in [1.54, 1.807) is 39.1 Å². The third kappa shape index (κ3) is 5.89. The second-order valence-corrected chi connectivity index (χ2v) is 11.8. The van der Waals surface area contributed by atoms with E-state index in [0.29, 0.717) is 16.8 Å². The van der Waals surface area contributed by atoms with Crippen LogP contribution in [0.4, 0.5) is 4.39 Å². The molecule has 2 aromatic carbocycles. The summed E-state index contributed by atoms with van der Waals surface area (Å²) >= 11 is 0. The van der Waals surface area contributed by atoms with Crippen LogP contribution in [0.15, 0.2) is 59.5 Å². The lowest BCUT2D eigenvalue weighted by Gasteiger charge is -2.24. The van der Waals surface area contributed by atoms with E-state index in [2.05, 4.69) is 10.4 Å². The van der Waals surface area contributed by atoms with E-state index in [4.69, 9.17) is 4.74 Å². The number of aryl methyl sites for hydroxylation is 1. The normalized spacial score (nSPS) is 12.9. The van der Waals surface area contributed by atoms with Gasteiger partial charge in [0, 0.05) is 12.6 Å². The SMILES string of the molecule is CC(C)OC(=O)C(C)(C)S(=O)(=O)c1ccc(C(CO)NC(=O)c2cc(-c3ccc(F)cc3)nn2C)cc1. The second kappa shape index (κ2) is 10.8. The maximum Gasteiger partial charge on any atom is 0.327 e. The zero-order valence-electron chi connectivity index (χ0n) is 21.2. The first-order chi connectivity index (χ1) is 17.3. The molecule has 0 fully saturated rings. The number of aliphatic hydroxyl groups is 1. The van der Waals surface area contributed by atoms with Crippen LogP contribution in [0, 0.1) is 5.82 Å². The highest BCUT2D eigenvalue weighted by atomic mass is 32.2. The minimum atomic E-state index is -4.09. The minimum Gasteiger partial charge on any atom is -0.462 e. The molecule has 198 valence electrons. The van der Waals surface area contributed by atoms with Crippen LogP contribution in [-0.4, -0.2) is 52.6 Å². The van der Waals surface area contributed by atoms with E-state index >= 15 is 0 Å². The average molecular weight is 532 g/mol. The van der Waals surface area contributed by atoms with E-state index in [1.807, 2.05) is 0 Å². The van der Waals surface area contributed by atoms with Crippen molar-refractivity contribution < 1.29 is 32.2 Å². The number of sulfone groups is 1. The van der Waals surface area contributed by atoms with Crippen molar-refractivity contribution in [1.29, 1.82) is 0 Å². The molecule has 0 radical (unpaired) electrons. The molecule has 1 amide bonds. The molecule has 1 aromatic heterocycles. The van der Waals surface area contributed by atoms with Crippen LogP contribution in [0.3, 0.4) is 0 Å². The number of carbonyl (C=O) groups is 2. The number of esters is 1. The lowest BCUT2D eigenvalue weighted by molar-refractivity contribution is -0.149. The van der Waals surface area contributed by atoms with Gasteiger partial charge in [-0.1, -0.05) is 12.1 Å². The number of ether oxygens (including phenoxy) is 1. The molecule has 0 aliphatic carbocycles. The number of nitrogens with one attached hydrogen (secondary N) is 1. The summed E-state index contributed by atoms with van der Waals surface area (Å²) in [7, 11) is -2.51. The van der Waals surface area contributed by atoms with Crippen molar-refractivity contribution >= 4 is 21.7 Å². The Morgan fingerprint density at radius 2 is 1.70 bits per heavy atom. The van der Waals surface area contributed by atoms with Gasteiger partial charge in [-0.3, -0.25) is 14.3 Å². The van der Waals surface area contributed by atoms with Gasteiger partial charge in [0.15, 0.2) is 14.6 Å². The van der Waals surface area contributed by atoms with Gasteiger partial charge < -0.3 is 15.2 Å². The van der Waals surface area contributed by atoms with Gasteiger partial charge in [-0.2, -0.15) is 5.10 Å². The first kappa shape index (κ1) is 28.0. The summed E-state index contributed by atoms with van der Waals surface area (Å²) in [6, 6.07) is 12.0. The molecular formula is C26H30FN3O6S. The van der Waals surface area contributed by atoms with E-state index < -0.39 is 45.2 Å². The first-order valence-corrected chi connectivity index (χ1v) is 13.0. The van der Waals surface area contributed by atoms with Gasteiger partial charge in [0.05, 0.1) is 29.3 Å². The molecule has 3 rings (SSSR count). The van der Waals surface area contributed by atoms with Crippen LogP contribution in [0.2, 0.25) is 0 Å². The summed E-state index contributed by atoms with van der Waals surface area (Å²) in [5, 5.41) is 16.9. The van der Waals surface area contributed by atoms with Crippen molar-refractivity contribution in [3.8, 4) is 11.3 Å². The van der Waals surface area contributed by atoms with Gasteiger partial charge >= 0.3 is 5.97 Å². The average Bonchev–Trinajstić information content (AvgIpc) is 3.24. The third-order valence-corrected chi connectivity index (χ3v) is 8.24. The number of rotatable bonds is 9. The topological polar surface area (TPSA) is 128 Å². The molecule has 0 saturated carbocycles. The number of aromatic nitrogens is 2. The maximum absolute atomic E-state index is 13.2. The molecule has 1 heterocycles. The Kier molecular flexibility index (Phi) is 8.19. The molecule has 37 heavy (non-hydrogen) atoms. The summed E-state index contributed by atoms with van der Waals surface area (Å²) < 4.78 is 44.1. The Morgan fingerprint density at radius 1 is 1.11 bits per heavy atom. The lowest BCUT2D eigenvalue weighted by Crippen LogP contribution is -2.43. The highest BCUT2D eigenvalue weighted by molar-refractivity contribution is 7.93. The van der Waals surface area contributed by atoms with E-state index in [-0.39, 0.29) is 16.4 Å². The largest absolute Gasteiger partial charge is 0.462 e. The van der Waals surface area contributed by atoms with Crippen molar-refractivity contribution in [2.75, 3.05) is 6.61 Å². The standard InChI is InChI=1S/C26H30FN3O6S/c1-16(2)36-25(33)26(3,4)37(34,35)20-12-8-18(9-13-20)22(15-31)28-24(32)23-14-21(29-30(23)5)17-6-10-19(27)11-7-17/h6-14,16,22,31H,15H2,1-5H3,(H,28,32). The zero-order chi connectivity index (χ0) is 27.5. The lowest BCUT2D eigenvalue weighted by atomic mass is 10.1. The number of nitrogens with zero attached hydrogens (tertiary/aromatic N) is 2. The molecule has 0 aliphatic rings. The summed E-state index contributed by atoms with van der Waals surface area (Å²) in [5.41, 5.74) is 1.77. The Labute approximate surface area is 215 Å². The van der Waals surface area contributed by atoms with Crippen molar-refractivity contribution in [3.63, 3.8) is 0 Å². The minimum absolute atomic E-state index is 0.0967.